The first-order chi connectivity index (χ1) is 7.54. The molecular weight excluding hydrogens is 210 g/mol. The highest BCUT2D eigenvalue weighted by Gasteiger charge is 2.10. The lowest BCUT2D eigenvalue weighted by atomic mass is 10.2. The van der Waals surface area contributed by atoms with E-state index in [2.05, 4.69) is 5.32 Å². The standard InChI is InChI=1S/C11H15NO4/c1-7(11(14)15)12-6-8-3-4-9(16-2)5-10(8)13/h3-5,7,12-13H,6H2,1-2H3,(H,14,15)/t7-/m0/s1. The molecule has 1 atom stereocenters. The Morgan fingerprint density at radius 2 is 2.25 bits per heavy atom. The minimum absolute atomic E-state index is 0.0874. The Balaban J connectivity index is 2.64. The molecule has 0 aliphatic heterocycles. The summed E-state index contributed by atoms with van der Waals surface area (Å²) in [5, 5.41) is 21.0. The van der Waals surface area contributed by atoms with Gasteiger partial charge in [-0.15, -0.1) is 0 Å². The molecule has 1 aromatic carbocycles. The van der Waals surface area contributed by atoms with Crippen molar-refractivity contribution < 1.29 is 19.7 Å². The highest BCUT2D eigenvalue weighted by molar-refractivity contribution is 5.72. The van der Waals surface area contributed by atoms with Crippen molar-refractivity contribution >= 4 is 5.97 Å². The van der Waals surface area contributed by atoms with Crippen molar-refractivity contribution in [2.45, 2.75) is 19.5 Å². The van der Waals surface area contributed by atoms with Crippen LogP contribution in [0.25, 0.3) is 0 Å². The monoisotopic (exact) mass is 225 g/mol. The van der Waals surface area contributed by atoms with Crippen LogP contribution >= 0.6 is 0 Å². The lowest BCUT2D eigenvalue weighted by Gasteiger charge is -2.10. The molecule has 0 aromatic heterocycles. The molecule has 5 nitrogen and oxygen atoms in total. The van der Waals surface area contributed by atoms with Gasteiger partial charge in [0, 0.05) is 18.2 Å². The number of carbonyl (C=O) groups is 1. The Labute approximate surface area is 93.7 Å². The van der Waals surface area contributed by atoms with E-state index in [1.54, 1.807) is 19.1 Å². The first kappa shape index (κ1) is 12.3. The summed E-state index contributed by atoms with van der Waals surface area (Å²) in [5.74, 6) is -0.273. The zero-order valence-electron chi connectivity index (χ0n) is 9.23. The van der Waals surface area contributed by atoms with E-state index in [4.69, 9.17) is 9.84 Å². The van der Waals surface area contributed by atoms with Gasteiger partial charge in [0.25, 0.3) is 0 Å². The quantitative estimate of drug-likeness (QED) is 0.695. The van der Waals surface area contributed by atoms with Crippen LogP contribution in [0, 0.1) is 0 Å². The Morgan fingerprint density at radius 3 is 2.75 bits per heavy atom. The average Bonchev–Trinajstić information content (AvgIpc) is 2.26. The smallest absolute Gasteiger partial charge is 0.320 e. The SMILES string of the molecule is COc1ccc(CN[C@@H](C)C(=O)O)c(O)c1. The summed E-state index contributed by atoms with van der Waals surface area (Å²) in [5.41, 5.74) is 0.633. The van der Waals surface area contributed by atoms with Crippen molar-refractivity contribution in [3.63, 3.8) is 0 Å². The third kappa shape index (κ3) is 3.13. The summed E-state index contributed by atoms with van der Waals surface area (Å²) in [7, 11) is 1.51. The van der Waals surface area contributed by atoms with Crippen molar-refractivity contribution in [2.75, 3.05) is 7.11 Å². The summed E-state index contributed by atoms with van der Waals surface area (Å²) in [6.45, 7) is 1.84. The molecule has 0 fully saturated rings. The minimum Gasteiger partial charge on any atom is -0.507 e. The summed E-state index contributed by atoms with van der Waals surface area (Å²) < 4.78 is 4.94. The van der Waals surface area contributed by atoms with Gasteiger partial charge in [-0.3, -0.25) is 4.79 Å². The number of aliphatic carboxylic acids is 1. The third-order valence-corrected chi connectivity index (χ3v) is 2.26. The van der Waals surface area contributed by atoms with Gasteiger partial charge in [0.1, 0.15) is 17.5 Å². The maximum atomic E-state index is 10.6. The molecule has 0 radical (unpaired) electrons. The number of rotatable bonds is 5. The number of phenolic OH excluding ortho intramolecular Hbond substituents is 1. The maximum Gasteiger partial charge on any atom is 0.320 e. The fraction of sp³-hybridized carbons (Fsp3) is 0.364. The predicted octanol–water partition coefficient (Wildman–Crippen LogP) is 0.963. The van der Waals surface area contributed by atoms with Gasteiger partial charge >= 0.3 is 5.97 Å². The lowest BCUT2D eigenvalue weighted by molar-refractivity contribution is -0.139. The molecule has 1 aromatic rings. The molecule has 0 bridgehead atoms. The second kappa shape index (κ2) is 5.37. The normalized spacial score (nSPS) is 12.1. The molecule has 0 saturated carbocycles. The Bertz CT molecular complexity index is 378. The topological polar surface area (TPSA) is 78.8 Å². The second-order valence-electron chi connectivity index (χ2n) is 3.44. The van der Waals surface area contributed by atoms with Gasteiger partial charge in [-0.2, -0.15) is 0 Å². The fourth-order valence-electron chi connectivity index (χ4n) is 1.17. The number of benzene rings is 1. The van der Waals surface area contributed by atoms with Crippen molar-refractivity contribution in [3.8, 4) is 11.5 Å². The third-order valence-electron chi connectivity index (χ3n) is 2.26. The summed E-state index contributed by atoms with van der Waals surface area (Å²) in [6, 6.07) is 4.24. The van der Waals surface area contributed by atoms with Gasteiger partial charge in [-0.1, -0.05) is 6.07 Å². The molecule has 1 rings (SSSR count). The molecular formula is C11H15NO4. The van der Waals surface area contributed by atoms with E-state index in [0.717, 1.165) is 0 Å². The Morgan fingerprint density at radius 1 is 1.56 bits per heavy atom. The van der Waals surface area contributed by atoms with Crippen molar-refractivity contribution in [1.29, 1.82) is 0 Å². The molecule has 16 heavy (non-hydrogen) atoms. The van der Waals surface area contributed by atoms with Crippen LogP contribution < -0.4 is 10.1 Å². The van der Waals surface area contributed by atoms with E-state index in [9.17, 15) is 9.90 Å². The molecule has 0 amide bonds. The van der Waals surface area contributed by atoms with Crippen LogP contribution in [0.2, 0.25) is 0 Å². The average molecular weight is 225 g/mol. The highest BCUT2D eigenvalue weighted by atomic mass is 16.5. The van der Waals surface area contributed by atoms with Crippen LogP contribution in [0.15, 0.2) is 18.2 Å². The molecule has 0 heterocycles. The maximum absolute atomic E-state index is 10.6. The van der Waals surface area contributed by atoms with Gasteiger partial charge in [-0.05, 0) is 13.0 Å². The number of hydrogen-bond acceptors (Lipinski definition) is 4. The zero-order chi connectivity index (χ0) is 12.1. The van der Waals surface area contributed by atoms with Gasteiger partial charge in [-0.25, -0.2) is 0 Å². The minimum atomic E-state index is -0.923. The summed E-state index contributed by atoms with van der Waals surface area (Å²) in [4.78, 5) is 10.6. The number of carboxylic acid groups (broad SMARTS) is 1. The summed E-state index contributed by atoms with van der Waals surface area (Å²) >= 11 is 0. The highest BCUT2D eigenvalue weighted by Crippen LogP contribution is 2.23. The first-order valence-electron chi connectivity index (χ1n) is 4.86. The van der Waals surface area contributed by atoms with Crippen LogP contribution in [0.3, 0.4) is 0 Å². The van der Waals surface area contributed by atoms with Crippen molar-refractivity contribution in [1.82, 2.24) is 5.32 Å². The van der Waals surface area contributed by atoms with Crippen LogP contribution in [0.1, 0.15) is 12.5 Å². The lowest BCUT2D eigenvalue weighted by Crippen LogP contribution is -2.33. The van der Waals surface area contributed by atoms with E-state index >= 15 is 0 Å². The van der Waals surface area contributed by atoms with Gasteiger partial charge in [0.2, 0.25) is 0 Å². The molecule has 0 aliphatic carbocycles. The molecule has 5 heteroatoms. The largest absolute Gasteiger partial charge is 0.507 e. The molecule has 88 valence electrons. The molecule has 0 unspecified atom stereocenters. The number of carboxylic acids is 1. The van der Waals surface area contributed by atoms with Gasteiger partial charge < -0.3 is 20.3 Å². The van der Waals surface area contributed by atoms with E-state index in [1.165, 1.54) is 13.2 Å². The van der Waals surface area contributed by atoms with E-state index in [1.807, 2.05) is 0 Å². The molecule has 3 N–H and O–H groups in total. The van der Waals surface area contributed by atoms with Gasteiger partial charge in [0.15, 0.2) is 0 Å². The Kier molecular flexibility index (Phi) is 4.13. The first-order valence-corrected chi connectivity index (χ1v) is 4.86. The predicted molar refractivity (Wildman–Crippen MR) is 58.6 cm³/mol. The van der Waals surface area contributed by atoms with Crippen LogP contribution in [-0.2, 0) is 11.3 Å². The molecule has 0 saturated heterocycles. The number of aromatic hydroxyl groups is 1. The van der Waals surface area contributed by atoms with Crippen LogP contribution in [0.4, 0.5) is 0 Å². The van der Waals surface area contributed by atoms with E-state index in [0.29, 0.717) is 17.9 Å². The van der Waals surface area contributed by atoms with Crippen molar-refractivity contribution in [2.24, 2.45) is 0 Å². The number of ether oxygens (including phenoxy) is 1. The number of methoxy groups -OCH3 is 1. The number of hydrogen-bond donors (Lipinski definition) is 3. The van der Waals surface area contributed by atoms with Gasteiger partial charge in [0.05, 0.1) is 7.11 Å². The Hall–Kier alpha value is -1.75. The van der Waals surface area contributed by atoms with Crippen LogP contribution in [0.5, 0.6) is 11.5 Å². The van der Waals surface area contributed by atoms with E-state index < -0.39 is 12.0 Å². The number of phenols is 1. The molecule has 0 spiro atoms. The van der Waals surface area contributed by atoms with Crippen LogP contribution in [-0.4, -0.2) is 29.3 Å². The molecule has 0 aliphatic rings. The zero-order valence-corrected chi connectivity index (χ0v) is 9.23. The van der Waals surface area contributed by atoms with E-state index in [-0.39, 0.29) is 5.75 Å². The summed E-state index contributed by atoms with van der Waals surface area (Å²) in [6.07, 6.45) is 0. The van der Waals surface area contributed by atoms with Crippen molar-refractivity contribution in [3.05, 3.63) is 23.8 Å². The second-order valence-corrected chi connectivity index (χ2v) is 3.44. The number of nitrogens with one attached hydrogen (secondary N) is 1. The fourth-order valence-corrected chi connectivity index (χ4v) is 1.17.